The maximum Gasteiger partial charge on any atom is 0.435 e. The van der Waals surface area contributed by atoms with E-state index in [2.05, 4.69) is 30.1 Å². The molecule has 0 radical (unpaired) electrons. The molecule has 0 saturated carbocycles. The summed E-state index contributed by atoms with van der Waals surface area (Å²) in [6.45, 7) is 3.36. The number of imidazole rings is 1. The van der Waals surface area contributed by atoms with Gasteiger partial charge >= 0.3 is 6.18 Å². The zero-order valence-electron chi connectivity index (χ0n) is 17.2. The summed E-state index contributed by atoms with van der Waals surface area (Å²) in [5.74, 6) is 0.565. The lowest BCUT2D eigenvalue weighted by atomic mass is 10.1. The molecule has 0 bridgehead atoms. The smallest absolute Gasteiger partial charge is 0.351 e. The Bertz CT molecular complexity index is 1230. The number of anilines is 1. The third kappa shape index (κ3) is 4.66. The Kier molecular flexibility index (Phi) is 5.77. The largest absolute Gasteiger partial charge is 0.435 e. The molecule has 4 rings (SSSR count). The first-order valence-corrected chi connectivity index (χ1v) is 11.6. The van der Waals surface area contributed by atoms with Crippen LogP contribution >= 0.6 is 0 Å². The van der Waals surface area contributed by atoms with E-state index in [1.54, 1.807) is 6.07 Å². The van der Waals surface area contributed by atoms with E-state index in [-0.39, 0.29) is 24.3 Å². The van der Waals surface area contributed by atoms with Crippen molar-refractivity contribution in [1.29, 1.82) is 0 Å². The molecule has 2 N–H and O–H groups in total. The Labute approximate surface area is 181 Å². The third-order valence-electron chi connectivity index (χ3n) is 5.26. The van der Waals surface area contributed by atoms with Crippen molar-refractivity contribution in [3.8, 4) is 11.4 Å². The van der Waals surface area contributed by atoms with Crippen molar-refractivity contribution in [3.05, 3.63) is 36.4 Å². The molecule has 1 aliphatic rings. The number of aromatic nitrogens is 5. The number of fused-ring (bicyclic) bond motifs is 1. The molecule has 0 spiro atoms. The lowest BCUT2D eigenvalue weighted by Crippen LogP contribution is -2.60. The van der Waals surface area contributed by atoms with E-state index in [4.69, 9.17) is 0 Å². The zero-order valence-corrected chi connectivity index (χ0v) is 18.0. The van der Waals surface area contributed by atoms with E-state index < -0.39 is 21.9 Å². The van der Waals surface area contributed by atoms with Gasteiger partial charge in [-0.15, -0.1) is 0 Å². The van der Waals surface area contributed by atoms with Gasteiger partial charge in [-0.25, -0.2) is 32.6 Å². The van der Waals surface area contributed by atoms with E-state index in [9.17, 15) is 21.6 Å². The van der Waals surface area contributed by atoms with Gasteiger partial charge < -0.3 is 10.2 Å². The number of hydrogen-bond donors (Lipinski definition) is 2. The van der Waals surface area contributed by atoms with Gasteiger partial charge in [0.25, 0.3) is 0 Å². The van der Waals surface area contributed by atoms with Gasteiger partial charge in [0.05, 0.1) is 18.1 Å². The molecule has 0 aromatic carbocycles. The van der Waals surface area contributed by atoms with Gasteiger partial charge in [-0.2, -0.15) is 18.3 Å². The summed E-state index contributed by atoms with van der Waals surface area (Å²) >= 11 is 0. The van der Waals surface area contributed by atoms with Crippen LogP contribution in [-0.2, 0) is 16.2 Å². The van der Waals surface area contributed by atoms with Gasteiger partial charge in [-0.05, 0) is 19.1 Å². The van der Waals surface area contributed by atoms with Crippen LogP contribution in [0.25, 0.3) is 17.0 Å². The van der Waals surface area contributed by atoms with Gasteiger partial charge in [0.2, 0.25) is 10.0 Å². The molecule has 0 amide bonds. The van der Waals surface area contributed by atoms with Crippen LogP contribution in [0.5, 0.6) is 0 Å². The molecule has 2 unspecified atom stereocenters. The number of piperazine rings is 1. The fraction of sp³-hybridized carbons (Fsp3) is 0.444. The number of sulfonamides is 1. The van der Waals surface area contributed by atoms with Crippen LogP contribution in [0, 0.1) is 0 Å². The quantitative estimate of drug-likeness (QED) is 0.566. The van der Waals surface area contributed by atoms with E-state index in [0.717, 1.165) is 16.8 Å². The van der Waals surface area contributed by atoms with Crippen molar-refractivity contribution in [3.63, 3.8) is 0 Å². The molecule has 1 aliphatic heterocycles. The first-order valence-electron chi connectivity index (χ1n) is 9.72. The van der Waals surface area contributed by atoms with Crippen LogP contribution in [-0.4, -0.2) is 71.0 Å². The second-order valence-electron chi connectivity index (χ2n) is 7.51. The lowest BCUT2D eigenvalue weighted by Gasteiger charge is -2.40. The highest BCUT2D eigenvalue weighted by molar-refractivity contribution is 7.88. The van der Waals surface area contributed by atoms with Gasteiger partial charge in [-0.3, -0.25) is 0 Å². The molecule has 3 aromatic heterocycles. The highest BCUT2D eigenvalue weighted by Crippen LogP contribution is 2.29. The highest BCUT2D eigenvalue weighted by Gasteiger charge is 2.33. The minimum Gasteiger partial charge on any atom is -0.351 e. The van der Waals surface area contributed by atoms with Crippen molar-refractivity contribution < 1.29 is 21.6 Å². The van der Waals surface area contributed by atoms with E-state index in [0.29, 0.717) is 30.3 Å². The summed E-state index contributed by atoms with van der Waals surface area (Å²) in [5, 5.41) is 6.96. The predicted molar refractivity (Wildman–Crippen MR) is 110 cm³/mol. The van der Waals surface area contributed by atoms with Crippen molar-refractivity contribution >= 4 is 21.5 Å². The minimum atomic E-state index is -4.59. The Morgan fingerprint density at radius 1 is 1.25 bits per heavy atom. The van der Waals surface area contributed by atoms with Gasteiger partial charge in [0, 0.05) is 37.8 Å². The molecule has 1 fully saturated rings. The van der Waals surface area contributed by atoms with Crippen molar-refractivity contribution in [2.24, 2.45) is 0 Å². The first-order chi connectivity index (χ1) is 15.0. The summed E-state index contributed by atoms with van der Waals surface area (Å²) in [7, 11) is -3.33. The summed E-state index contributed by atoms with van der Waals surface area (Å²) in [6, 6.07) is 3.51. The molecule has 10 nitrogen and oxygen atoms in total. The Balaban J connectivity index is 1.64. The fourth-order valence-electron chi connectivity index (χ4n) is 3.61. The molecule has 32 heavy (non-hydrogen) atoms. The second-order valence-corrected chi connectivity index (χ2v) is 9.34. The van der Waals surface area contributed by atoms with Crippen molar-refractivity contribution in [2.75, 3.05) is 30.8 Å². The van der Waals surface area contributed by atoms with E-state index in [1.165, 1.54) is 18.6 Å². The van der Waals surface area contributed by atoms with Gasteiger partial charge in [0.15, 0.2) is 11.3 Å². The Hall–Kier alpha value is -2.84. The Morgan fingerprint density at radius 2 is 2.03 bits per heavy atom. The summed E-state index contributed by atoms with van der Waals surface area (Å²) in [5.41, 5.74) is -0.107. The SMILES string of the molecule is CC1C(CNS(C)(=O)=O)NCCN1c1cc(-c2cnc3ccc(C(F)(F)F)nn23)ncn1. The molecule has 1 saturated heterocycles. The molecule has 14 heteroatoms. The summed E-state index contributed by atoms with van der Waals surface area (Å²) < 4.78 is 65.8. The topological polar surface area (TPSA) is 117 Å². The maximum absolute atomic E-state index is 13.1. The number of halogens is 3. The molecular formula is C18H21F3N8O2S. The fourth-order valence-corrected chi connectivity index (χ4v) is 4.09. The summed E-state index contributed by atoms with van der Waals surface area (Å²) in [4.78, 5) is 14.6. The van der Waals surface area contributed by atoms with Crippen LogP contribution in [0.1, 0.15) is 12.6 Å². The predicted octanol–water partition coefficient (Wildman–Crippen LogP) is 0.921. The van der Waals surface area contributed by atoms with Gasteiger partial charge in [-0.1, -0.05) is 0 Å². The van der Waals surface area contributed by atoms with Crippen LogP contribution in [0.15, 0.2) is 30.7 Å². The Morgan fingerprint density at radius 3 is 2.75 bits per heavy atom. The van der Waals surface area contributed by atoms with Crippen LogP contribution in [0.3, 0.4) is 0 Å². The molecule has 2 atom stereocenters. The number of hydrogen-bond acceptors (Lipinski definition) is 8. The first kappa shape index (κ1) is 22.4. The van der Waals surface area contributed by atoms with Crippen LogP contribution in [0.4, 0.5) is 19.0 Å². The van der Waals surface area contributed by atoms with Crippen LogP contribution < -0.4 is 14.9 Å². The number of rotatable bonds is 5. The zero-order chi connectivity index (χ0) is 23.1. The van der Waals surface area contributed by atoms with E-state index >= 15 is 0 Å². The molecule has 0 aliphatic carbocycles. The number of nitrogens with one attached hydrogen (secondary N) is 2. The third-order valence-corrected chi connectivity index (χ3v) is 5.95. The molecule has 172 valence electrons. The maximum atomic E-state index is 13.1. The number of alkyl halides is 3. The normalized spacial score (nSPS) is 20.1. The second kappa shape index (κ2) is 8.26. The van der Waals surface area contributed by atoms with Gasteiger partial charge in [0.1, 0.15) is 17.8 Å². The average Bonchev–Trinajstić information content (AvgIpc) is 3.15. The van der Waals surface area contributed by atoms with E-state index in [1.807, 2.05) is 11.8 Å². The van der Waals surface area contributed by atoms with Crippen LogP contribution in [0.2, 0.25) is 0 Å². The molecule has 4 heterocycles. The van der Waals surface area contributed by atoms with Crippen molar-refractivity contribution in [1.82, 2.24) is 34.6 Å². The summed E-state index contributed by atoms with van der Waals surface area (Å²) in [6.07, 6.45) is -0.744. The highest BCUT2D eigenvalue weighted by atomic mass is 32.2. The monoisotopic (exact) mass is 470 g/mol. The lowest BCUT2D eigenvalue weighted by molar-refractivity contribution is -0.141. The average molecular weight is 470 g/mol. The number of nitrogens with zero attached hydrogens (tertiary/aromatic N) is 6. The molecular weight excluding hydrogens is 449 g/mol. The minimum absolute atomic E-state index is 0.113. The van der Waals surface area contributed by atoms with Crippen molar-refractivity contribution in [2.45, 2.75) is 25.2 Å². The molecule has 3 aromatic rings. The standard InChI is InChI=1S/C18H21F3N8O2S/c1-11-13(8-26-32(2,30)31)22-5-6-28(11)17-7-12(24-10-25-17)14-9-23-16-4-3-15(18(19,20)21)27-29(14)16/h3-4,7,9-11,13,22,26H,5-6,8H2,1-2H3.